The Bertz CT molecular complexity index is 2420. The number of aliphatic hydroxyl groups is 3. The molecule has 2 saturated heterocycles. The maximum absolute atomic E-state index is 15.4. The van der Waals surface area contributed by atoms with Gasteiger partial charge in [0.25, 0.3) is 5.91 Å². The second-order valence-electron chi connectivity index (χ2n) is 20.7. The van der Waals surface area contributed by atoms with Crippen molar-refractivity contribution >= 4 is 34.4 Å². The van der Waals surface area contributed by atoms with Crippen LogP contribution in [0.1, 0.15) is 88.6 Å². The molecule has 358 valence electrons. The Labute approximate surface area is 388 Å². The zero-order valence-corrected chi connectivity index (χ0v) is 39.7. The zero-order chi connectivity index (χ0) is 47.1. The summed E-state index contributed by atoms with van der Waals surface area (Å²) in [6, 6.07) is 10.2. The van der Waals surface area contributed by atoms with Gasteiger partial charge in [0, 0.05) is 90.6 Å². The molecule has 7 N–H and O–H groups in total. The van der Waals surface area contributed by atoms with Crippen molar-refractivity contribution in [3.05, 3.63) is 70.9 Å². The van der Waals surface area contributed by atoms with E-state index in [4.69, 9.17) is 19.9 Å². The van der Waals surface area contributed by atoms with E-state index in [0.29, 0.717) is 82.6 Å². The molecule has 8 unspecified atom stereocenters. The highest BCUT2D eigenvalue weighted by Gasteiger charge is 2.78. The summed E-state index contributed by atoms with van der Waals surface area (Å²) in [6.07, 6.45) is 5.86. The first-order valence-electron chi connectivity index (χ1n) is 24.1. The average Bonchev–Trinajstić information content (AvgIpc) is 3.98. The predicted molar refractivity (Wildman–Crippen MR) is 250 cm³/mol. The first-order chi connectivity index (χ1) is 31.5. The van der Waals surface area contributed by atoms with Gasteiger partial charge in [-0.25, -0.2) is 0 Å². The maximum atomic E-state index is 15.4. The van der Waals surface area contributed by atoms with Crippen molar-refractivity contribution in [2.75, 3.05) is 72.0 Å². The largest absolute Gasteiger partial charge is 0.496 e. The molecule has 3 fully saturated rings. The number of hydrogen-bond acceptors (Lipinski definition) is 13. The van der Waals surface area contributed by atoms with E-state index >= 15 is 4.79 Å². The Morgan fingerprint density at radius 1 is 1.03 bits per heavy atom. The number of nitrogens with two attached hydrogens (primary N) is 1. The highest BCUT2D eigenvalue weighted by molar-refractivity contribution is 5.95. The lowest BCUT2D eigenvalue weighted by molar-refractivity contribution is -0.203. The van der Waals surface area contributed by atoms with Crippen LogP contribution in [-0.2, 0) is 41.1 Å². The highest BCUT2D eigenvalue weighted by Crippen LogP contribution is 2.67. The number of aromatic nitrogens is 1. The summed E-state index contributed by atoms with van der Waals surface area (Å²) in [5, 5.41) is 42.3. The summed E-state index contributed by atoms with van der Waals surface area (Å²) in [5.74, 6) is -1.43. The van der Waals surface area contributed by atoms with Gasteiger partial charge in [0.1, 0.15) is 23.3 Å². The molecule has 66 heavy (non-hydrogen) atoms. The van der Waals surface area contributed by atoms with Crippen molar-refractivity contribution in [1.82, 2.24) is 20.1 Å². The van der Waals surface area contributed by atoms with E-state index < -0.39 is 63.5 Å². The van der Waals surface area contributed by atoms with Gasteiger partial charge < -0.3 is 50.5 Å². The van der Waals surface area contributed by atoms with Gasteiger partial charge in [-0.2, -0.15) is 0 Å². The number of rotatable bonds is 12. The summed E-state index contributed by atoms with van der Waals surface area (Å²) in [5.41, 5.74) is 4.19. The van der Waals surface area contributed by atoms with E-state index in [1.807, 2.05) is 76.1 Å². The summed E-state index contributed by atoms with van der Waals surface area (Å²) in [4.78, 5) is 53.3. The fourth-order valence-electron chi connectivity index (χ4n) is 14.0. The van der Waals surface area contributed by atoms with Crippen molar-refractivity contribution < 1.29 is 43.9 Å². The summed E-state index contributed by atoms with van der Waals surface area (Å²) in [7, 11) is 4.90. The molecule has 6 aliphatic rings. The van der Waals surface area contributed by atoms with Crippen LogP contribution in [0.3, 0.4) is 0 Å². The lowest BCUT2D eigenvalue weighted by Gasteiger charge is -2.63. The van der Waals surface area contributed by atoms with Crippen molar-refractivity contribution in [2.45, 2.75) is 119 Å². The van der Waals surface area contributed by atoms with Gasteiger partial charge in [0.15, 0.2) is 5.60 Å². The number of likely N-dealkylation sites (N-methyl/N-ethyl adjacent to an activating group) is 1. The number of aromatic amines is 1. The summed E-state index contributed by atoms with van der Waals surface area (Å²) in [6.45, 7) is 11.1. The van der Waals surface area contributed by atoms with Gasteiger partial charge in [-0.1, -0.05) is 58.0 Å². The number of nitrogens with one attached hydrogen (secondary N) is 2. The quantitative estimate of drug-likeness (QED) is 0.0880. The third kappa shape index (κ3) is 6.61. The smallest absolute Gasteiger partial charge is 0.323 e. The molecule has 1 amide bonds. The molecular weight excluding hydrogens is 841 g/mol. The van der Waals surface area contributed by atoms with Gasteiger partial charge in [0.2, 0.25) is 0 Å². The first kappa shape index (κ1) is 46.6. The fourth-order valence-corrected chi connectivity index (χ4v) is 14.0. The maximum Gasteiger partial charge on any atom is 0.323 e. The van der Waals surface area contributed by atoms with Crippen LogP contribution in [-0.4, -0.2) is 151 Å². The minimum Gasteiger partial charge on any atom is -0.496 e. The summed E-state index contributed by atoms with van der Waals surface area (Å²) < 4.78 is 17.8. The van der Waals surface area contributed by atoms with Crippen LogP contribution in [0.5, 0.6) is 5.75 Å². The molecule has 0 radical (unpaired) electrons. The number of anilines is 1. The number of hydrogen-bond donors (Lipinski definition) is 6. The summed E-state index contributed by atoms with van der Waals surface area (Å²) >= 11 is 0. The number of carbonyl (C=O) groups is 3. The number of piperidine rings is 1. The molecule has 2 bridgehead atoms. The van der Waals surface area contributed by atoms with Gasteiger partial charge in [0.05, 0.1) is 32.5 Å². The topological polar surface area (TPSA) is 203 Å². The standard InChI is InChI=1S/C51H70N6O9/c1-8-47(62)26-31-27-50(46(61)65-7,40-33(16-21-56(28-31)29-47)32-14-10-11-15-36(32)54-40)35-24-34-37(25-38(35)64-6)55(5)43-49(34)18-22-57-20-12-17-48(9-2,42(49)57)44(59)51(43,63)45(60)53-19-13-23-66-41(58)39(52)30(3)4/h10-12,14-15,17,24-25,30-31,39,42-44,54,59,62-63H,8-9,13,16,18-23,26-29,52H2,1-7H3,(H,53,60)/t31?,39?,42?,43?,44?,47?,48-,49?,50+,51+/m1/s1. The lowest BCUT2D eigenvalue weighted by Crippen LogP contribution is -2.81. The van der Waals surface area contributed by atoms with Crippen LogP contribution in [0.15, 0.2) is 48.6 Å². The molecular formula is C51H70N6O9. The van der Waals surface area contributed by atoms with E-state index in [1.165, 1.54) is 7.11 Å². The van der Waals surface area contributed by atoms with Crippen molar-refractivity contribution in [1.29, 1.82) is 0 Å². The molecule has 15 nitrogen and oxygen atoms in total. The molecule has 15 heteroatoms. The van der Waals surface area contributed by atoms with Crippen LogP contribution < -0.4 is 20.7 Å². The Kier molecular flexibility index (Phi) is 11.9. The van der Waals surface area contributed by atoms with E-state index in [-0.39, 0.29) is 37.5 Å². The van der Waals surface area contributed by atoms with E-state index in [0.717, 1.165) is 33.4 Å². The van der Waals surface area contributed by atoms with Crippen LogP contribution in [0.25, 0.3) is 10.9 Å². The minimum absolute atomic E-state index is 0.0249. The van der Waals surface area contributed by atoms with Crippen molar-refractivity contribution in [3.63, 3.8) is 0 Å². The van der Waals surface area contributed by atoms with Crippen LogP contribution in [0.4, 0.5) is 5.69 Å². The van der Waals surface area contributed by atoms with Crippen LogP contribution >= 0.6 is 0 Å². The van der Waals surface area contributed by atoms with Gasteiger partial charge in [-0.3, -0.25) is 24.2 Å². The second-order valence-corrected chi connectivity index (χ2v) is 20.7. The van der Waals surface area contributed by atoms with Gasteiger partial charge >= 0.3 is 11.9 Å². The number of carbonyl (C=O) groups excluding carboxylic acids is 3. The molecule has 1 spiro atoms. The number of ether oxygens (including phenoxy) is 3. The van der Waals surface area contributed by atoms with E-state index in [1.54, 1.807) is 7.11 Å². The van der Waals surface area contributed by atoms with Crippen LogP contribution in [0.2, 0.25) is 0 Å². The molecule has 1 saturated carbocycles. The average molecular weight is 911 g/mol. The van der Waals surface area contributed by atoms with E-state index in [2.05, 4.69) is 32.2 Å². The first-order valence-corrected chi connectivity index (χ1v) is 24.1. The van der Waals surface area contributed by atoms with Crippen LogP contribution in [0, 0.1) is 17.3 Å². The van der Waals surface area contributed by atoms with Gasteiger partial charge in [-0.15, -0.1) is 0 Å². The number of benzene rings is 2. The SMILES string of the molecule is CCC1(O)CC2CN(CCc3c([nH]c4ccccc34)[C@@](C(=O)OC)(c3cc4c(cc3OC)N(C)C3C45CCN4CC=C[C@](CC)(C45)C(O)[C@]3(O)C(=O)NCCCOC(=O)C(N)C(C)C)C2)C1. The highest BCUT2D eigenvalue weighted by atomic mass is 16.5. The molecule has 5 aliphatic heterocycles. The molecule has 1 aliphatic carbocycles. The van der Waals surface area contributed by atoms with Crippen molar-refractivity contribution in [3.8, 4) is 5.75 Å². The Morgan fingerprint density at radius 3 is 2.52 bits per heavy atom. The fraction of sp³-hybridized carbons (Fsp3) is 0.627. The normalized spacial score (nSPS) is 34.9. The molecule has 9 rings (SSSR count). The predicted octanol–water partition coefficient (Wildman–Crippen LogP) is 3.28. The molecule has 3 aromatic rings. The second kappa shape index (κ2) is 16.9. The third-order valence-corrected chi connectivity index (χ3v) is 17.0. The Balaban J connectivity index is 1.22. The number of amides is 1. The number of H-pyrrole nitrogens is 1. The monoisotopic (exact) mass is 911 g/mol. The molecule has 11 atom stereocenters. The number of esters is 2. The Morgan fingerprint density at radius 2 is 1.80 bits per heavy atom. The number of aliphatic hydroxyl groups excluding tert-OH is 1. The number of para-hydroxylation sites is 1. The number of nitrogens with zero attached hydrogens (tertiary/aromatic N) is 3. The number of fused-ring (bicyclic) bond motifs is 6. The van der Waals surface area contributed by atoms with Gasteiger partial charge in [-0.05, 0) is 86.6 Å². The zero-order valence-electron chi connectivity index (χ0n) is 39.7. The molecule has 6 heterocycles. The van der Waals surface area contributed by atoms with E-state index in [9.17, 15) is 24.9 Å². The Hall–Kier alpha value is -4.51. The third-order valence-electron chi connectivity index (χ3n) is 17.0. The lowest BCUT2D eigenvalue weighted by atomic mass is 9.47. The molecule has 2 aromatic carbocycles. The minimum atomic E-state index is -2.33. The number of methoxy groups -OCH3 is 2. The molecule has 1 aromatic heterocycles. The van der Waals surface area contributed by atoms with Crippen molar-refractivity contribution in [2.24, 2.45) is 23.0 Å².